The Bertz CT molecular complexity index is 1090. The van der Waals surface area contributed by atoms with Gasteiger partial charge in [0.1, 0.15) is 10.6 Å². The standard InChI is InChI=1S/C21H22BrN3O4S/c1-3-13-29-21-12-10-18(23-24-21)15-5-8-17(9-6-15)25-30(26,27)20-14-16(22)7-11-19(20)28-4-2/h5-12,14,25H,3-4,13H2,1-2H3. The summed E-state index contributed by atoms with van der Waals surface area (Å²) in [6.07, 6.45) is 0.896. The van der Waals surface area contributed by atoms with Crippen LogP contribution in [0, 0.1) is 0 Å². The predicted octanol–water partition coefficient (Wildman–Crippen LogP) is 4.89. The van der Waals surface area contributed by atoms with Gasteiger partial charge in [0.2, 0.25) is 5.88 Å². The van der Waals surface area contributed by atoms with Crippen LogP contribution in [0.3, 0.4) is 0 Å². The van der Waals surface area contributed by atoms with Gasteiger partial charge in [-0.25, -0.2) is 8.42 Å². The van der Waals surface area contributed by atoms with Crippen LogP contribution >= 0.6 is 15.9 Å². The summed E-state index contributed by atoms with van der Waals surface area (Å²) in [5.74, 6) is 0.773. The zero-order valence-corrected chi connectivity index (χ0v) is 19.0. The van der Waals surface area contributed by atoms with E-state index in [0.717, 1.165) is 12.0 Å². The van der Waals surface area contributed by atoms with E-state index in [-0.39, 0.29) is 4.90 Å². The van der Waals surface area contributed by atoms with E-state index in [9.17, 15) is 8.42 Å². The summed E-state index contributed by atoms with van der Waals surface area (Å²) in [4.78, 5) is 0.0661. The summed E-state index contributed by atoms with van der Waals surface area (Å²) >= 11 is 3.31. The Kier molecular flexibility index (Phi) is 7.28. The highest BCUT2D eigenvalue weighted by Crippen LogP contribution is 2.30. The Morgan fingerprint density at radius 3 is 2.37 bits per heavy atom. The van der Waals surface area contributed by atoms with E-state index in [1.165, 1.54) is 6.07 Å². The molecule has 0 aliphatic rings. The second-order valence-electron chi connectivity index (χ2n) is 6.31. The fourth-order valence-electron chi connectivity index (χ4n) is 2.64. The van der Waals surface area contributed by atoms with Gasteiger partial charge in [-0.3, -0.25) is 4.72 Å². The molecule has 0 radical (unpaired) electrons. The molecule has 7 nitrogen and oxygen atoms in total. The molecular formula is C21H22BrN3O4S. The number of ether oxygens (including phenoxy) is 2. The molecule has 9 heteroatoms. The number of sulfonamides is 1. The molecule has 1 heterocycles. The second-order valence-corrected chi connectivity index (χ2v) is 8.88. The maximum Gasteiger partial charge on any atom is 0.265 e. The average Bonchev–Trinajstić information content (AvgIpc) is 2.74. The third-order valence-electron chi connectivity index (χ3n) is 4.02. The molecule has 0 fully saturated rings. The molecule has 0 saturated carbocycles. The molecule has 0 aliphatic heterocycles. The highest BCUT2D eigenvalue weighted by molar-refractivity contribution is 9.10. The highest BCUT2D eigenvalue weighted by atomic mass is 79.9. The summed E-state index contributed by atoms with van der Waals surface area (Å²) in [6, 6.07) is 15.3. The number of nitrogens with zero attached hydrogens (tertiary/aromatic N) is 2. The van der Waals surface area contributed by atoms with Crippen LogP contribution in [0.25, 0.3) is 11.3 Å². The van der Waals surface area contributed by atoms with Crippen molar-refractivity contribution >= 4 is 31.6 Å². The van der Waals surface area contributed by atoms with E-state index in [1.54, 1.807) is 49.4 Å². The molecule has 158 valence electrons. The summed E-state index contributed by atoms with van der Waals surface area (Å²) in [6.45, 7) is 4.77. The summed E-state index contributed by atoms with van der Waals surface area (Å²) < 4.78 is 39.9. The first kappa shape index (κ1) is 22.0. The summed E-state index contributed by atoms with van der Waals surface area (Å²) in [5.41, 5.74) is 1.90. The zero-order valence-electron chi connectivity index (χ0n) is 16.6. The minimum atomic E-state index is -3.83. The smallest absolute Gasteiger partial charge is 0.265 e. The summed E-state index contributed by atoms with van der Waals surface area (Å²) in [7, 11) is -3.83. The molecule has 3 rings (SSSR count). The van der Waals surface area contributed by atoms with E-state index in [4.69, 9.17) is 9.47 Å². The third kappa shape index (κ3) is 5.48. The molecule has 2 aromatic carbocycles. The molecule has 30 heavy (non-hydrogen) atoms. The molecule has 0 bridgehead atoms. The molecule has 0 amide bonds. The Morgan fingerprint density at radius 2 is 1.73 bits per heavy atom. The Labute approximate surface area is 184 Å². The van der Waals surface area contributed by atoms with Crippen molar-refractivity contribution in [2.45, 2.75) is 25.2 Å². The number of benzene rings is 2. The Morgan fingerprint density at radius 1 is 0.967 bits per heavy atom. The lowest BCUT2D eigenvalue weighted by molar-refractivity contribution is 0.302. The van der Waals surface area contributed by atoms with Crippen LogP contribution in [0.5, 0.6) is 11.6 Å². The number of nitrogens with one attached hydrogen (secondary N) is 1. The van der Waals surface area contributed by atoms with E-state index in [2.05, 4.69) is 30.8 Å². The number of rotatable bonds is 9. The quantitative estimate of drug-likeness (QED) is 0.457. The lowest BCUT2D eigenvalue weighted by Crippen LogP contribution is -2.14. The lowest BCUT2D eigenvalue weighted by atomic mass is 10.1. The van der Waals surface area contributed by atoms with Crippen LogP contribution in [-0.4, -0.2) is 31.8 Å². The van der Waals surface area contributed by atoms with Gasteiger partial charge >= 0.3 is 0 Å². The van der Waals surface area contributed by atoms with E-state index in [1.807, 2.05) is 13.0 Å². The SMILES string of the molecule is CCCOc1ccc(-c2ccc(NS(=O)(=O)c3cc(Br)ccc3OCC)cc2)nn1. The number of anilines is 1. The molecule has 0 unspecified atom stereocenters. The summed E-state index contributed by atoms with van der Waals surface area (Å²) in [5, 5.41) is 8.21. The van der Waals surface area contributed by atoms with Crippen molar-refractivity contribution in [1.82, 2.24) is 10.2 Å². The fourth-order valence-corrected chi connectivity index (χ4v) is 4.39. The van der Waals surface area contributed by atoms with Crippen molar-refractivity contribution in [2.24, 2.45) is 0 Å². The van der Waals surface area contributed by atoms with Crippen LogP contribution in [0.4, 0.5) is 5.69 Å². The maximum absolute atomic E-state index is 12.9. The normalized spacial score (nSPS) is 11.2. The molecule has 0 aliphatic carbocycles. The van der Waals surface area contributed by atoms with Gasteiger partial charge in [0, 0.05) is 21.8 Å². The van der Waals surface area contributed by atoms with Gasteiger partial charge in [-0.1, -0.05) is 35.0 Å². The van der Waals surface area contributed by atoms with Crippen molar-refractivity contribution in [3.05, 3.63) is 59.1 Å². The number of aromatic nitrogens is 2. The van der Waals surface area contributed by atoms with E-state index in [0.29, 0.717) is 40.7 Å². The van der Waals surface area contributed by atoms with Gasteiger partial charge in [0.25, 0.3) is 10.0 Å². The first-order valence-corrected chi connectivity index (χ1v) is 11.7. The highest BCUT2D eigenvalue weighted by Gasteiger charge is 2.20. The van der Waals surface area contributed by atoms with E-state index < -0.39 is 10.0 Å². The minimum Gasteiger partial charge on any atom is -0.492 e. The first-order chi connectivity index (χ1) is 14.4. The molecule has 0 saturated heterocycles. The Hall–Kier alpha value is -2.65. The van der Waals surface area contributed by atoms with Gasteiger partial charge in [0.15, 0.2) is 0 Å². The van der Waals surface area contributed by atoms with Gasteiger partial charge in [0.05, 0.1) is 18.9 Å². The van der Waals surface area contributed by atoms with Crippen LogP contribution in [0.1, 0.15) is 20.3 Å². The molecule has 1 N–H and O–H groups in total. The maximum atomic E-state index is 12.9. The number of hydrogen-bond donors (Lipinski definition) is 1. The zero-order chi connectivity index (χ0) is 21.6. The van der Waals surface area contributed by atoms with E-state index >= 15 is 0 Å². The van der Waals surface area contributed by atoms with Crippen molar-refractivity contribution in [1.29, 1.82) is 0 Å². The van der Waals surface area contributed by atoms with Crippen LogP contribution < -0.4 is 14.2 Å². The largest absolute Gasteiger partial charge is 0.492 e. The predicted molar refractivity (Wildman–Crippen MR) is 119 cm³/mol. The molecule has 1 aromatic heterocycles. The van der Waals surface area contributed by atoms with Crippen LogP contribution in [0.15, 0.2) is 64.0 Å². The van der Waals surface area contributed by atoms with Crippen molar-refractivity contribution in [3.63, 3.8) is 0 Å². The van der Waals surface area contributed by atoms with Gasteiger partial charge < -0.3 is 9.47 Å². The Balaban J connectivity index is 1.78. The monoisotopic (exact) mass is 491 g/mol. The third-order valence-corrected chi connectivity index (χ3v) is 5.92. The van der Waals surface area contributed by atoms with Crippen molar-refractivity contribution < 1.29 is 17.9 Å². The fraction of sp³-hybridized carbons (Fsp3) is 0.238. The van der Waals surface area contributed by atoms with Crippen LogP contribution in [0.2, 0.25) is 0 Å². The molecule has 3 aromatic rings. The topological polar surface area (TPSA) is 90.4 Å². The molecule has 0 atom stereocenters. The lowest BCUT2D eigenvalue weighted by Gasteiger charge is -2.13. The minimum absolute atomic E-state index is 0.0661. The van der Waals surface area contributed by atoms with Crippen LogP contribution in [-0.2, 0) is 10.0 Å². The van der Waals surface area contributed by atoms with Gasteiger partial charge in [-0.05, 0) is 49.7 Å². The van der Waals surface area contributed by atoms with Gasteiger partial charge in [-0.15, -0.1) is 10.2 Å². The second kappa shape index (κ2) is 9.90. The van der Waals surface area contributed by atoms with Crippen molar-refractivity contribution in [2.75, 3.05) is 17.9 Å². The van der Waals surface area contributed by atoms with Gasteiger partial charge in [-0.2, -0.15) is 0 Å². The molecule has 0 spiro atoms. The average molecular weight is 492 g/mol. The number of halogens is 1. The molecular weight excluding hydrogens is 470 g/mol. The number of hydrogen-bond acceptors (Lipinski definition) is 6. The first-order valence-electron chi connectivity index (χ1n) is 9.45. The van der Waals surface area contributed by atoms with Crippen molar-refractivity contribution in [3.8, 4) is 22.9 Å².